The molecule has 0 saturated heterocycles. The number of hydrogen-bond donors (Lipinski definition) is 2. The summed E-state index contributed by atoms with van der Waals surface area (Å²) in [5, 5.41) is 10.3. The first-order valence-electron chi connectivity index (χ1n) is 13.1. The van der Waals surface area contributed by atoms with Gasteiger partial charge in [-0.15, -0.1) is 10.2 Å². The molecule has 0 bridgehead atoms. The summed E-state index contributed by atoms with van der Waals surface area (Å²) >= 11 is 0. The molecule has 0 atom stereocenters. The van der Waals surface area contributed by atoms with E-state index in [1.807, 2.05) is 19.1 Å². The number of fused-ring (bicyclic) bond motifs is 1. The van der Waals surface area contributed by atoms with Gasteiger partial charge in [0, 0.05) is 38.0 Å². The Hall–Kier alpha value is -5.26. The maximum absolute atomic E-state index is 15.3. The minimum Gasteiger partial charge on any atom is -0.482 e. The summed E-state index contributed by atoms with van der Waals surface area (Å²) in [5.41, 5.74) is 4.17. The lowest BCUT2D eigenvalue weighted by atomic mass is 9.99. The summed E-state index contributed by atoms with van der Waals surface area (Å²) < 4.78 is 23.8. The number of carbonyl (C=O) groups is 2. The number of amides is 2. The van der Waals surface area contributed by atoms with Crippen LogP contribution in [-0.2, 0) is 25.0 Å². The highest BCUT2D eigenvalue weighted by Gasteiger charge is 2.20. The van der Waals surface area contributed by atoms with Crippen LogP contribution in [0.3, 0.4) is 0 Å². The zero-order valence-electron chi connectivity index (χ0n) is 23.9. The molecule has 2 heterocycles. The van der Waals surface area contributed by atoms with Crippen LogP contribution in [0.25, 0.3) is 22.2 Å². The van der Waals surface area contributed by atoms with Gasteiger partial charge < -0.3 is 19.9 Å². The lowest BCUT2D eigenvalue weighted by Gasteiger charge is -2.13. The molecule has 3 aromatic carbocycles. The second kappa shape index (κ2) is 11.3. The van der Waals surface area contributed by atoms with E-state index in [9.17, 15) is 14.4 Å². The topological polar surface area (TPSA) is 127 Å². The Morgan fingerprint density at radius 3 is 2.60 bits per heavy atom. The summed E-state index contributed by atoms with van der Waals surface area (Å²) in [6.45, 7) is 3.38. The van der Waals surface area contributed by atoms with Gasteiger partial charge in [-0.05, 0) is 73.0 Å². The molecule has 2 aromatic heterocycles. The van der Waals surface area contributed by atoms with Gasteiger partial charge in [0.05, 0.1) is 11.0 Å². The fraction of sp³-hybridized carbons (Fsp3) is 0.233. The number of H-pyrrole nitrogens is 1. The van der Waals surface area contributed by atoms with Gasteiger partial charge >= 0.3 is 5.69 Å². The first-order chi connectivity index (χ1) is 20.0. The van der Waals surface area contributed by atoms with E-state index in [4.69, 9.17) is 4.74 Å². The summed E-state index contributed by atoms with van der Waals surface area (Å²) in [5.74, 6) is -0.623. The van der Waals surface area contributed by atoms with Crippen LogP contribution in [-0.4, -0.2) is 55.1 Å². The average molecular weight is 572 g/mol. The van der Waals surface area contributed by atoms with Crippen molar-refractivity contribution in [2.24, 2.45) is 7.05 Å². The molecule has 0 radical (unpaired) electrons. The van der Waals surface area contributed by atoms with Crippen molar-refractivity contribution >= 4 is 28.5 Å². The van der Waals surface area contributed by atoms with E-state index >= 15 is 4.39 Å². The summed E-state index contributed by atoms with van der Waals surface area (Å²) in [7, 11) is 4.91. The van der Waals surface area contributed by atoms with Crippen LogP contribution < -0.4 is 15.7 Å². The molecule has 0 aliphatic heterocycles. The van der Waals surface area contributed by atoms with E-state index in [0.717, 1.165) is 5.56 Å². The molecule has 0 fully saturated rings. The molecule has 42 heavy (non-hydrogen) atoms. The van der Waals surface area contributed by atoms with E-state index < -0.39 is 17.4 Å². The number of nitrogens with one attached hydrogen (secondary N) is 2. The van der Waals surface area contributed by atoms with Crippen molar-refractivity contribution in [2.75, 3.05) is 19.4 Å². The molecule has 0 aliphatic carbocycles. The van der Waals surface area contributed by atoms with Gasteiger partial charge in [0.15, 0.2) is 17.4 Å². The van der Waals surface area contributed by atoms with Gasteiger partial charge in [-0.25, -0.2) is 9.18 Å². The van der Waals surface area contributed by atoms with Gasteiger partial charge in [0.25, 0.3) is 5.91 Å². The molecule has 0 unspecified atom stereocenters. The maximum atomic E-state index is 15.3. The summed E-state index contributed by atoms with van der Waals surface area (Å²) in [4.78, 5) is 43.0. The second-order valence-electron chi connectivity index (χ2n) is 10.3. The zero-order chi connectivity index (χ0) is 30.1. The lowest BCUT2D eigenvalue weighted by molar-refractivity contribution is -0.116. The monoisotopic (exact) mass is 571 g/mol. The standard InChI is InChI=1S/C30H30FN7O4/c1-17-9-22(20-11-18(2)28(23(31)13-20)42-15-25-32-16-33-35-25)27-24(10-17)38(30(41)37(27)5)14-26(39)34-21-8-6-7-19(12-21)29(40)36(3)4/h6-13,16H,14-15H2,1-5H3,(H,34,39)(H,32,33,35). The Labute approximate surface area is 240 Å². The van der Waals surface area contributed by atoms with E-state index in [0.29, 0.717) is 44.8 Å². The summed E-state index contributed by atoms with van der Waals surface area (Å²) in [6, 6.07) is 13.5. The highest BCUT2D eigenvalue weighted by atomic mass is 19.1. The Morgan fingerprint density at radius 1 is 1.12 bits per heavy atom. The number of halogens is 1. The van der Waals surface area contributed by atoms with Crippen LogP contribution >= 0.6 is 0 Å². The van der Waals surface area contributed by atoms with Crippen molar-refractivity contribution in [3.63, 3.8) is 0 Å². The van der Waals surface area contributed by atoms with Crippen LogP contribution in [0.2, 0.25) is 0 Å². The quantitative estimate of drug-likeness (QED) is 0.292. The predicted molar refractivity (Wildman–Crippen MR) is 156 cm³/mol. The Morgan fingerprint density at radius 2 is 1.90 bits per heavy atom. The van der Waals surface area contributed by atoms with Crippen molar-refractivity contribution in [1.82, 2.24) is 29.2 Å². The van der Waals surface area contributed by atoms with E-state index in [2.05, 4.69) is 20.5 Å². The highest BCUT2D eigenvalue weighted by Crippen LogP contribution is 2.34. The number of imidazole rings is 1. The van der Waals surface area contributed by atoms with Gasteiger partial charge in [-0.3, -0.25) is 18.7 Å². The average Bonchev–Trinajstić information content (AvgIpc) is 3.54. The first kappa shape index (κ1) is 28.3. The number of aromatic amines is 1. The highest BCUT2D eigenvalue weighted by molar-refractivity contribution is 5.98. The Balaban J connectivity index is 1.47. The van der Waals surface area contributed by atoms with E-state index in [1.165, 1.54) is 26.4 Å². The molecule has 12 heteroatoms. The molecule has 5 rings (SSSR count). The van der Waals surface area contributed by atoms with Crippen molar-refractivity contribution < 1.29 is 18.7 Å². The molecule has 11 nitrogen and oxygen atoms in total. The number of aromatic nitrogens is 5. The number of benzene rings is 3. The molecular formula is C30H30FN7O4. The van der Waals surface area contributed by atoms with Crippen molar-refractivity contribution in [2.45, 2.75) is 27.0 Å². The van der Waals surface area contributed by atoms with Crippen LogP contribution in [0, 0.1) is 19.7 Å². The Kier molecular flexibility index (Phi) is 7.62. The molecule has 0 aliphatic rings. The normalized spacial score (nSPS) is 11.1. The fourth-order valence-electron chi connectivity index (χ4n) is 4.91. The third-order valence-corrected chi connectivity index (χ3v) is 6.84. The smallest absolute Gasteiger partial charge is 0.329 e. The molecule has 216 valence electrons. The van der Waals surface area contributed by atoms with Gasteiger partial charge in [0.1, 0.15) is 19.5 Å². The number of nitrogens with zero attached hydrogens (tertiary/aromatic N) is 5. The third-order valence-electron chi connectivity index (χ3n) is 6.84. The first-order valence-corrected chi connectivity index (χ1v) is 13.1. The van der Waals surface area contributed by atoms with Crippen LogP contribution in [0.4, 0.5) is 10.1 Å². The van der Waals surface area contributed by atoms with E-state index in [-0.39, 0.29) is 24.8 Å². The molecule has 0 saturated carbocycles. The van der Waals surface area contributed by atoms with Crippen LogP contribution in [0.15, 0.2) is 59.7 Å². The minimum atomic E-state index is -0.557. The molecule has 0 spiro atoms. The molecular weight excluding hydrogens is 541 g/mol. The SMILES string of the molecule is Cc1cc(-c2cc(C)c(OCc3nnc[nH]3)c(F)c2)c2c(c1)n(CC(=O)Nc1cccc(C(=O)N(C)C)c1)c(=O)n2C. The molecule has 5 aromatic rings. The van der Waals surface area contributed by atoms with Crippen LogP contribution in [0.5, 0.6) is 5.75 Å². The second-order valence-corrected chi connectivity index (χ2v) is 10.3. The van der Waals surface area contributed by atoms with Gasteiger partial charge in [-0.2, -0.15) is 0 Å². The van der Waals surface area contributed by atoms with Gasteiger partial charge in [0.2, 0.25) is 5.91 Å². The fourth-order valence-corrected chi connectivity index (χ4v) is 4.91. The summed E-state index contributed by atoms with van der Waals surface area (Å²) in [6.07, 6.45) is 1.42. The Bertz CT molecular complexity index is 1850. The number of aryl methyl sites for hydroxylation is 3. The van der Waals surface area contributed by atoms with Gasteiger partial charge in [-0.1, -0.05) is 6.07 Å². The number of anilines is 1. The number of carbonyl (C=O) groups excluding carboxylic acids is 2. The van der Waals surface area contributed by atoms with Crippen molar-refractivity contribution in [3.05, 3.63) is 93.7 Å². The zero-order valence-corrected chi connectivity index (χ0v) is 23.9. The third kappa shape index (κ3) is 5.51. The maximum Gasteiger partial charge on any atom is 0.329 e. The van der Waals surface area contributed by atoms with Crippen LogP contribution in [0.1, 0.15) is 27.3 Å². The minimum absolute atomic E-state index is 0.0292. The predicted octanol–water partition coefficient (Wildman–Crippen LogP) is 3.80. The van der Waals surface area contributed by atoms with Crippen molar-refractivity contribution in [1.29, 1.82) is 0 Å². The number of rotatable bonds is 8. The van der Waals surface area contributed by atoms with E-state index in [1.54, 1.807) is 58.4 Å². The molecule has 2 N–H and O–H groups in total. The number of hydrogen-bond acceptors (Lipinski definition) is 6. The largest absolute Gasteiger partial charge is 0.482 e. The lowest BCUT2D eigenvalue weighted by Crippen LogP contribution is -2.28. The number of ether oxygens (including phenoxy) is 1. The van der Waals surface area contributed by atoms with Crippen molar-refractivity contribution in [3.8, 4) is 16.9 Å². The molecule has 2 amide bonds.